The van der Waals surface area contributed by atoms with Crippen LogP contribution in [-0.2, 0) is 23.2 Å². The fourth-order valence-electron chi connectivity index (χ4n) is 2.05. The van der Waals surface area contributed by atoms with Gasteiger partial charge in [-0.15, -0.1) is 0 Å². The van der Waals surface area contributed by atoms with Crippen LogP contribution in [0.5, 0.6) is 0 Å². The third-order valence-electron chi connectivity index (χ3n) is 2.92. The molecule has 15 heavy (non-hydrogen) atoms. The van der Waals surface area contributed by atoms with Gasteiger partial charge in [-0.1, -0.05) is 6.92 Å². The molecule has 1 heterocycles. The van der Waals surface area contributed by atoms with Gasteiger partial charge < -0.3 is 14.6 Å². The Labute approximate surface area is 87.5 Å². The number of carbonyl (C=O) groups is 1. The summed E-state index contributed by atoms with van der Waals surface area (Å²) in [5.41, 5.74) is -0.982. The van der Waals surface area contributed by atoms with Gasteiger partial charge in [0.2, 0.25) is 5.60 Å². The van der Waals surface area contributed by atoms with Crippen molar-refractivity contribution >= 4 is 5.97 Å². The number of carboxylic acids is 1. The summed E-state index contributed by atoms with van der Waals surface area (Å²) in [5.74, 6) is -0.250. The molecule has 1 aliphatic rings. The maximum atomic E-state index is 11.0. The molecule has 4 heteroatoms. The number of aryl methyl sites for hydroxylation is 2. The van der Waals surface area contributed by atoms with Crippen LogP contribution in [-0.4, -0.2) is 16.2 Å². The van der Waals surface area contributed by atoms with Crippen molar-refractivity contribution in [1.29, 1.82) is 0 Å². The zero-order valence-electron chi connectivity index (χ0n) is 8.62. The lowest BCUT2D eigenvalue weighted by atomic mass is 9.84. The maximum absolute atomic E-state index is 11.0. The fraction of sp³-hybridized carbons (Fsp3) is 0.545. The molecule has 0 fully saturated rings. The first-order valence-corrected chi connectivity index (χ1v) is 5.15. The van der Waals surface area contributed by atoms with E-state index in [1.54, 1.807) is 0 Å². The highest BCUT2D eigenvalue weighted by atomic mass is 16.4. The Kier molecular flexibility index (Phi) is 2.31. The monoisotopic (exact) mass is 210 g/mol. The Bertz CT molecular complexity index is 393. The van der Waals surface area contributed by atoms with Crippen LogP contribution in [0.4, 0.5) is 0 Å². The van der Waals surface area contributed by atoms with Gasteiger partial charge in [-0.3, -0.25) is 0 Å². The van der Waals surface area contributed by atoms with Crippen molar-refractivity contribution in [1.82, 2.24) is 0 Å². The van der Waals surface area contributed by atoms with Crippen LogP contribution in [0.2, 0.25) is 0 Å². The van der Waals surface area contributed by atoms with Crippen molar-refractivity contribution in [3.63, 3.8) is 0 Å². The van der Waals surface area contributed by atoms with Crippen molar-refractivity contribution < 1.29 is 19.4 Å². The molecule has 1 unspecified atom stereocenters. The molecular formula is C11H14O4. The molecule has 2 rings (SSSR count). The van der Waals surface area contributed by atoms with Gasteiger partial charge >= 0.3 is 5.97 Å². The zero-order chi connectivity index (χ0) is 11.1. The van der Waals surface area contributed by atoms with E-state index in [1.807, 2.05) is 13.0 Å². The Morgan fingerprint density at radius 1 is 1.67 bits per heavy atom. The highest BCUT2D eigenvalue weighted by Gasteiger charge is 2.45. The van der Waals surface area contributed by atoms with Gasteiger partial charge in [0.05, 0.1) is 0 Å². The molecular weight excluding hydrogens is 196 g/mol. The van der Waals surface area contributed by atoms with Crippen LogP contribution in [0.25, 0.3) is 0 Å². The number of furan rings is 1. The summed E-state index contributed by atoms with van der Waals surface area (Å²) in [5, 5.41) is 19.0. The molecule has 2 N–H and O–H groups in total. The molecule has 0 radical (unpaired) electrons. The lowest BCUT2D eigenvalue weighted by Crippen LogP contribution is -2.38. The van der Waals surface area contributed by atoms with Crippen molar-refractivity contribution in [2.75, 3.05) is 0 Å². The van der Waals surface area contributed by atoms with E-state index in [4.69, 9.17) is 9.52 Å². The largest absolute Gasteiger partial charge is 0.479 e. The molecule has 0 saturated heterocycles. The minimum absolute atomic E-state index is 0.228. The predicted molar refractivity (Wildman–Crippen MR) is 52.6 cm³/mol. The third-order valence-corrected chi connectivity index (χ3v) is 2.92. The summed E-state index contributed by atoms with van der Waals surface area (Å²) in [6.45, 7) is 1.93. The Hall–Kier alpha value is -1.29. The Morgan fingerprint density at radius 3 is 3.00 bits per heavy atom. The molecule has 4 nitrogen and oxygen atoms in total. The fourth-order valence-corrected chi connectivity index (χ4v) is 2.05. The van der Waals surface area contributed by atoms with Crippen LogP contribution in [0.15, 0.2) is 10.5 Å². The molecule has 1 aromatic rings. The van der Waals surface area contributed by atoms with Crippen LogP contribution < -0.4 is 0 Å². The van der Waals surface area contributed by atoms with Crippen molar-refractivity contribution in [3.8, 4) is 0 Å². The maximum Gasteiger partial charge on any atom is 0.343 e. The average molecular weight is 210 g/mol. The van der Waals surface area contributed by atoms with E-state index in [2.05, 4.69) is 0 Å². The Balaban J connectivity index is 2.50. The number of hydrogen-bond donors (Lipinski definition) is 2. The highest BCUT2D eigenvalue weighted by molar-refractivity contribution is 5.79. The van der Waals surface area contributed by atoms with E-state index in [0.29, 0.717) is 12.8 Å². The Morgan fingerprint density at radius 2 is 2.40 bits per heavy atom. The highest BCUT2D eigenvalue weighted by Crippen LogP contribution is 2.37. The van der Waals surface area contributed by atoms with Crippen LogP contribution in [0, 0.1) is 0 Å². The van der Waals surface area contributed by atoms with Gasteiger partial charge in [0.1, 0.15) is 5.76 Å². The first-order chi connectivity index (χ1) is 7.08. The number of aliphatic hydroxyl groups is 1. The number of fused-ring (bicyclic) bond motifs is 1. The second-order valence-electron chi connectivity index (χ2n) is 3.94. The van der Waals surface area contributed by atoms with E-state index < -0.39 is 11.6 Å². The van der Waals surface area contributed by atoms with Gasteiger partial charge in [-0.05, 0) is 30.9 Å². The normalized spacial score (nSPS) is 24.9. The van der Waals surface area contributed by atoms with E-state index in [-0.39, 0.29) is 12.2 Å². The van der Waals surface area contributed by atoms with Gasteiger partial charge in [-0.25, -0.2) is 4.79 Å². The SMILES string of the molecule is CCc1cc2c(o1)C(O)(C(=O)O)CCC2. The van der Waals surface area contributed by atoms with Gasteiger partial charge in [0.25, 0.3) is 0 Å². The summed E-state index contributed by atoms with van der Waals surface area (Å²) >= 11 is 0. The topological polar surface area (TPSA) is 70.7 Å². The smallest absolute Gasteiger partial charge is 0.343 e. The first kappa shape index (κ1) is 10.2. The molecule has 82 valence electrons. The summed E-state index contributed by atoms with van der Waals surface area (Å²) in [7, 11) is 0. The standard InChI is InChI=1S/C11H14O4/c1-2-8-6-7-4-3-5-11(14,10(12)13)9(7)15-8/h6,14H,2-5H2,1H3,(H,12,13). The van der Waals surface area contributed by atoms with Crippen LogP contribution >= 0.6 is 0 Å². The first-order valence-electron chi connectivity index (χ1n) is 5.15. The predicted octanol–water partition coefficient (Wildman–Crippen LogP) is 1.45. The summed E-state index contributed by atoms with van der Waals surface area (Å²) < 4.78 is 5.40. The molecule has 1 aliphatic carbocycles. The second-order valence-corrected chi connectivity index (χ2v) is 3.94. The number of hydrogen-bond acceptors (Lipinski definition) is 3. The van der Waals surface area contributed by atoms with Crippen molar-refractivity contribution in [3.05, 3.63) is 23.2 Å². The average Bonchev–Trinajstić information content (AvgIpc) is 2.62. The quantitative estimate of drug-likeness (QED) is 0.775. The second kappa shape index (κ2) is 3.38. The molecule has 0 amide bonds. The minimum atomic E-state index is -1.82. The molecule has 0 spiro atoms. The summed E-state index contributed by atoms with van der Waals surface area (Å²) in [6, 6.07) is 1.85. The van der Waals surface area contributed by atoms with Gasteiger partial charge in [-0.2, -0.15) is 0 Å². The molecule has 0 aromatic carbocycles. The van der Waals surface area contributed by atoms with E-state index in [9.17, 15) is 9.90 Å². The van der Waals surface area contributed by atoms with Crippen LogP contribution in [0.1, 0.15) is 36.8 Å². The third kappa shape index (κ3) is 1.45. The summed E-state index contributed by atoms with van der Waals surface area (Å²) in [6.07, 6.45) is 2.40. The molecule has 0 saturated carbocycles. The zero-order valence-corrected chi connectivity index (χ0v) is 8.62. The minimum Gasteiger partial charge on any atom is -0.479 e. The number of carboxylic acid groups (broad SMARTS) is 1. The van der Waals surface area contributed by atoms with Gasteiger partial charge in [0.15, 0.2) is 5.76 Å². The molecule has 0 aliphatic heterocycles. The number of aliphatic carboxylic acids is 1. The van der Waals surface area contributed by atoms with E-state index in [1.165, 1.54) is 0 Å². The van der Waals surface area contributed by atoms with Crippen LogP contribution in [0.3, 0.4) is 0 Å². The molecule has 0 bridgehead atoms. The number of rotatable bonds is 2. The van der Waals surface area contributed by atoms with Crippen molar-refractivity contribution in [2.45, 2.75) is 38.2 Å². The van der Waals surface area contributed by atoms with E-state index in [0.717, 1.165) is 17.7 Å². The van der Waals surface area contributed by atoms with Gasteiger partial charge in [0, 0.05) is 6.42 Å². The lowest BCUT2D eigenvalue weighted by Gasteiger charge is -2.26. The van der Waals surface area contributed by atoms with Crippen molar-refractivity contribution in [2.24, 2.45) is 0 Å². The molecule has 1 atom stereocenters. The summed E-state index contributed by atoms with van der Waals surface area (Å²) in [4.78, 5) is 11.0. The lowest BCUT2D eigenvalue weighted by molar-refractivity contribution is -0.163. The van der Waals surface area contributed by atoms with E-state index >= 15 is 0 Å². The molecule has 1 aromatic heterocycles.